The lowest BCUT2D eigenvalue weighted by atomic mass is 9.88. The van der Waals surface area contributed by atoms with Crippen LogP contribution in [0.3, 0.4) is 0 Å². The Bertz CT molecular complexity index is 899. The van der Waals surface area contributed by atoms with Crippen LogP contribution in [-0.2, 0) is 10.3 Å². The van der Waals surface area contributed by atoms with E-state index in [1.165, 1.54) is 30.2 Å². The van der Waals surface area contributed by atoms with Gasteiger partial charge in [0.25, 0.3) is 0 Å². The van der Waals surface area contributed by atoms with Crippen LogP contribution in [0.5, 0.6) is 0 Å². The molecule has 0 spiro atoms. The van der Waals surface area contributed by atoms with Crippen LogP contribution < -0.4 is 5.32 Å². The van der Waals surface area contributed by atoms with Gasteiger partial charge < -0.3 is 4.74 Å². The summed E-state index contributed by atoms with van der Waals surface area (Å²) >= 11 is 1.46. The summed E-state index contributed by atoms with van der Waals surface area (Å²) in [6.45, 7) is 7.38. The number of alkyl carbamates (subject to hydrolysis) is 1. The molecule has 1 aromatic carbocycles. The highest BCUT2D eigenvalue weighted by molar-refractivity contribution is 8.13. The van der Waals surface area contributed by atoms with Crippen LogP contribution in [0.15, 0.2) is 41.8 Å². The summed E-state index contributed by atoms with van der Waals surface area (Å²) in [4.78, 5) is 25.0. The molecule has 0 bridgehead atoms. The molecule has 1 N–H and O–H groups in total. The van der Waals surface area contributed by atoms with E-state index in [4.69, 9.17) is 9.73 Å². The Morgan fingerprint density at radius 1 is 1.32 bits per heavy atom. The largest absolute Gasteiger partial charge is 0.444 e. The number of ether oxygens (including phenoxy) is 1. The maximum atomic E-state index is 14.4. The quantitative estimate of drug-likeness (QED) is 0.799. The fourth-order valence-electron chi connectivity index (χ4n) is 2.82. The number of amides is 1. The van der Waals surface area contributed by atoms with Crippen LogP contribution in [0.25, 0.3) is 11.3 Å². The second-order valence-corrected chi connectivity index (χ2v) is 8.79. The Morgan fingerprint density at radius 3 is 2.79 bits per heavy atom. The number of hydrogen-bond acceptors (Lipinski definition) is 6. The van der Waals surface area contributed by atoms with Crippen molar-refractivity contribution in [1.29, 1.82) is 0 Å². The molecule has 2 aromatic rings. The van der Waals surface area contributed by atoms with Gasteiger partial charge >= 0.3 is 6.09 Å². The monoisotopic (exact) mass is 402 g/mol. The minimum Gasteiger partial charge on any atom is -0.444 e. The molecule has 6 nitrogen and oxygen atoms in total. The van der Waals surface area contributed by atoms with E-state index in [9.17, 15) is 9.18 Å². The number of nitrogens with zero attached hydrogens (tertiary/aromatic N) is 3. The number of hydrogen-bond donors (Lipinski definition) is 1. The lowest BCUT2D eigenvalue weighted by Crippen LogP contribution is -2.38. The highest BCUT2D eigenvalue weighted by Gasteiger charge is 2.32. The predicted octanol–water partition coefficient (Wildman–Crippen LogP) is 4.52. The van der Waals surface area contributed by atoms with E-state index in [0.717, 1.165) is 17.7 Å². The van der Waals surface area contributed by atoms with E-state index < -0.39 is 17.2 Å². The summed E-state index contributed by atoms with van der Waals surface area (Å²) in [5.41, 5.74) is 0.503. The highest BCUT2D eigenvalue weighted by Crippen LogP contribution is 2.37. The third-order valence-corrected chi connectivity index (χ3v) is 5.09. The minimum atomic E-state index is -0.597. The first-order valence-corrected chi connectivity index (χ1v) is 9.94. The van der Waals surface area contributed by atoms with Crippen LogP contribution in [0.1, 0.15) is 39.7 Å². The average molecular weight is 402 g/mol. The summed E-state index contributed by atoms with van der Waals surface area (Å²) in [7, 11) is 0. The van der Waals surface area contributed by atoms with Crippen molar-refractivity contribution in [3.63, 3.8) is 0 Å². The van der Waals surface area contributed by atoms with Gasteiger partial charge in [0.05, 0.1) is 17.4 Å². The van der Waals surface area contributed by atoms with Crippen LogP contribution in [-0.4, -0.2) is 32.6 Å². The van der Waals surface area contributed by atoms with Crippen molar-refractivity contribution >= 4 is 23.0 Å². The number of aliphatic imine (C=N–C) groups is 1. The number of nitrogens with one attached hydrogen (secondary N) is 1. The molecule has 1 amide bonds. The molecule has 0 fully saturated rings. The van der Waals surface area contributed by atoms with Gasteiger partial charge in [-0.05, 0) is 51.8 Å². The maximum absolute atomic E-state index is 14.4. The molecule has 1 unspecified atom stereocenters. The van der Waals surface area contributed by atoms with Crippen molar-refractivity contribution < 1.29 is 13.9 Å². The zero-order valence-corrected chi connectivity index (χ0v) is 17.1. The van der Waals surface area contributed by atoms with Gasteiger partial charge in [-0.15, -0.1) is 0 Å². The molecule has 8 heteroatoms. The first-order valence-electron chi connectivity index (χ1n) is 8.95. The van der Waals surface area contributed by atoms with E-state index in [2.05, 4.69) is 15.3 Å². The molecular formula is C20H23FN4O2S. The molecule has 0 saturated heterocycles. The van der Waals surface area contributed by atoms with Crippen LogP contribution in [0, 0.1) is 5.82 Å². The summed E-state index contributed by atoms with van der Waals surface area (Å²) in [5, 5.41) is 3.21. The van der Waals surface area contributed by atoms with Crippen molar-refractivity contribution in [1.82, 2.24) is 15.3 Å². The molecule has 1 aromatic heterocycles. The van der Waals surface area contributed by atoms with E-state index >= 15 is 0 Å². The van der Waals surface area contributed by atoms with Gasteiger partial charge in [-0.2, -0.15) is 0 Å². The number of thioether (sulfide) groups is 1. The normalized spacial score (nSPS) is 19.7. The SMILES string of the molecule is CC(C)(C)OC(=O)NC1=NC(C)(c2ccc(F)c(-c3cnccn3)c2)CCS1. The number of benzene rings is 1. The number of amidine groups is 1. The molecule has 1 atom stereocenters. The van der Waals surface area contributed by atoms with Crippen LogP contribution >= 0.6 is 11.8 Å². The maximum Gasteiger partial charge on any atom is 0.413 e. The molecule has 148 valence electrons. The Kier molecular flexibility index (Phi) is 5.69. The van der Waals surface area contributed by atoms with Gasteiger partial charge in [0, 0.05) is 23.7 Å². The Labute approximate surface area is 168 Å². The summed E-state index contributed by atoms with van der Waals surface area (Å²) in [5.74, 6) is 0.400. The highest BCUT2D eigenvalue weighted by atomic mass is 32.2. The van der Waals surface area contributed by atoms with Crippen molar-refractivity contribution in [3.05, 3.63) is 48.2 Å². The van der Waals surface area contributed by atoms with Crippen LogP contribution in [0.4, 0.5) is 9.18 Å². The lowest BCUT2D eigenvalue weighted by molar-refractivity contribution is 0.0564. The van der Waals surface area contributed by atoms with Crippen molar-refractivity contribution in [3.8, 4) is 11.3 Å². The second kappa shape index (κ2) is 7.87. The van der Waals surface area contributed by atoms with Crippen molar-refractivity contribution in [2.75, 3.05) is 5.75 Å². The number of rotatable bonds is 2. The number of carbonyl (C=O) groups is 1. The molecule has 28 heavy (non-hydrogen) atoms. The lowest BCUT2D eigenvalue weighted by Gasteiger charge is -2.31. The fraction of sp³-hybridized carbons (Fsp3) is 0.400. The van der Waals surface area contributed by atoms with Crippen molar-refractivity contribution in [2.45, 2.75) is 45.3 Å². The molecule has 0 radical (unpaired) electrons. The molecule has 0 aliphatic carbocycles. The van der Waals surface area contributed by atoms with Crippen LogP contribution in [0.2, 0.25) is 0 Å². The molecule has 1 aliphatic rings. The standard InChI is InChI=1S/C20H23FN4O2S/c1-19(2,3)27-18(26)24-17-25-20(4,7-10-28-17)13-5-6-15(21)14(11-13)16-12-22-8-9-23-16/h5-6,8-9,11-12H,7,10H2,1-4H3,(H,24,25,26). The molecule has 3 rings (SSSR count). The van der Waals surface area contributed by atoms with Gasteiger partial charge in [-0.1, -0.05) is 17.8 Å². The number of aromatic nitrogens is 2. The summed E-state index contributed by atoms with van der Waals surface area (Å²) in [6, 6.07) is 4.90. The Balaban J connectivity index is 1.89. The third-order valence-electron chi connectivity index (χ3n) is 4.21. The smallest absolute Gasteiger partial charge is 0.413 e. The number of carbonyl (C=O) groups excluding carboxylic acids is 1. The summed E-state index contributed by atoms with van der Waals surface area (Å²) in [6.07, 6.45) is 4.82. The van der Waals surface area contributed by atoms with E-state index in [1.54, 1.807) is 39.1 Å². The first-order chi connectivity index (χ1) is 13.2. The second-order valence-electron chi connectivity index (χ2n) is 7.70. The molecule has 0 saturated carbocycles. The molecule has 1 aliphatic heterocycles. The Morgan fingerprint density at radius 2 is 2.11 bits per heavy atom. The van der Waals surface area contributed by atoms with E-state index in [-0.39, 0.29) is 5.82 Å². The van der Waals surface area contributed by atoms with Gasteiger partial charge in [0.15, 0.2) is 5.17 Å². The topological polar surface area (TPSA) is 76.5 Å². The number of halogens is 1. The summed E-state index contributed by atoms with van der Waals surface area (Å²) < 4.78 is 19.7. The fourth-order valence-corrected chi connectivity index (χ4v) is 3.93. The zero-order valence-electron chi connectivity index (χ0n) is 16.3. The predicted molar refractivity (Wildman–Crippen MR) is 109 cm³/mol. The van der Waals surface area contributed by atoms with Gasteiger partial charge in [0.2, 0.25) is 0 Å². The van der Waals surface area contributed by atoms with Gasteiger partial charge in [-0.3, -0.25) is 20.3 Å². The average Bonchev–Trinajstić information content (AvgIpc) is 2.61. The first kappa shape index (κ1) is 20.3. The van der Waals surface area contributed by atoms with E-state index in [1.807, 2.05) is 6.92 Å². The van der Waals surface area contributed by atoms with E-state index in [0.29, 0.717) is 16.4 Å². The third kappa shape index (κ3) is 4.86. The Hall–Kier alpha value is -2.48. The van der Waals surface area contributed by atoms with Crippen molar-refractivity contribution in [2.24, 2.45) is 4.99 Å². The zero-order chi connectivity index (χ0) is 20.4. The van der Waals surface area contributed by atoms with Gasteiger partial charge in [-0.25, -0.2) is 9.18 Å². The van der Waals surface area contributed by atoms with Gasteiger partial charge in [0.1, 0.15) is 11.4 Å². The molecular weight excluding hydrogens is 379 g/mol. The minimum absolute atomic E-state index is 0.367. The molecule has 2 heterocycles.